The molecule has 0 aliphatic rings. The fourth-order valence-corrected chi connectivity index (χ4v) is 2.04. The largest absolute Gasteiger partial charge is 0.388 e. The number of aryl methyl sites for hydroxylation is 1. The van der Waals surface area contributed by atoms with E-state index in [9.17, 15) is 5.11 Å². The molecule has 0 bridgehead atoms. The Morgan fingerprint density at radius 3 is 2.80 bits per heavy atom. The summed E-state index contributed by atoms with van der Waals surface area (Å²) in [6, 6.07) is 0. The first-order chi connectivity index (χ1) is 4.75. The first-order valence-electron chi connectivity index (χ1n) is 3.02. The minimum absolute atomic E-state index is 0.341. The fourth-order valence-electron chi connectivity index (χ4n) is 0.795. The van der Waals surface area contributed by atoms with Crippen LogP contribution in [0.15, 0.2) is 10.8 Å². The predicted octanol–water partition coefficient (Wildman–Crippen LogP) is 2.48. The quantitative estimate of drug-likeness (QED) is 0.760. The van der Waals surface area contributed by atoms with E-state index in [-0.39, 0.29) is 6.10 Å². The first kappa shape index (κ1) is 8.24. The van der Waals surface area contributed by atoms with Crippen LogP contribution in [0.3, 0.4) is 0 Å². The number of rotatable bonds is 2. The highest BCUT2D eigenvalue weighted by atomic mass is 79.9. The number of aliphatic hydroxyl groups excluding tert-OH is 1. The summed E-state index contributed by atoms with van der Waals surface area (Å²) in [6.07, 6.45) is -0.341. The zero-order chi connectivity index (χ0) is 7.56. The molecule has 0 aliphatic heterocycles. The van der Waals surface area contributed by atoms with Gasteiger partial charge in [-0.3, -0.25) is 0 Å². The molecular weight excluding hydrogens is 212 g/mol. The van der Waals surface area contributed by atoms with E-state index in [2.05, 4.69) is 15.9 Å². The van der Waals surface area contributed by atoms with Crippen molar-refractivity contribution in [1.29, 1.82) is 0 Å². The molecule has 0 saturated carbocycles. The van der Waals surface area contributed by atoms with Gasteiger partial charge in [0.15, 0.2) is 0 Å². The van der Waals surface area contributed by atoms with Gasteiger partial charge in [0, 0.05) is 5.33 Å². The molecule has 1 aromatic heterocycles. The van der Waals surface area contributed by atoms with Gasteiger partial charge in [-0.1, -0.05) is 15.9 Å². The average Bonchev–Trinajstić information content (AvgIpc) is 2.34. The summed E-state index contributed by atoms with van der Waals surface area (Å²) in [5.74, 6) is 0. The molecular formula is C7H9BrOS. The van der Waals surface area contributed by atoms with Crippen LogP contribution in [-0.4, -0.2) is 10.4 Å². The maximum absolute atomic E-state index is 9.36. The van der Waals surface area contributed by atoms with Crippen molar-refractivity contribution >= 4 is 27.3 Å². The molecule has 10 heavy (non-hydrogen) atoms. The summed E-state index contributed by atoms with van der Waals surface area (Å²) in [6.45, 7) is 2.01. The second-order valence-electron chi connectivity index (χ2n) is 2.18. The molecule has 1 heterocycles. The Bertz CT molecular complexity index is 209. The number of halogens is 1. The molecule has 0 saturated heterocycles. The van der Waals surface area contributed by atoms with Gasteiger partial charge >= 0.3 is 0 Å². The number of alkyl halides is 1. The standard InChI is InChI=1S/C7H9BrOS/c1-5-3-10-4-6(5)7(9)2-8/h3-4,7,9H,2H2,1H3. The van der Waals surface area contributed by atoms with Crippen LogP contribution in [0.5, 0.6) is 0 Å². The van der Waals surface area contributed by atoms with Gasteiger partial charge < -0.3 is 5.11 Å². The topological polar surface area (TPSA) is 20.2 Å². The van der Waals surface area contributed by atoms with E-state index in [1.807, 2.05) is 17.7 Å². The minimum Gasteiger partial charge on any atom is -0.388 e. The third kappa shape index (κ3) is 1.59. The zero-order valence-corrected chi connectivity index (χ0v) is 8.08. The average molecular weight is 221 g/mol. The molecule has 1 nitrogen and oxygen atoms in total. The predicted molar refractivity (Wildman–Crippen MR) is 47.8 cm³/mol. The van der Waals surface area contributed by atoms with E-state index < -0.39 is 0 Å². The van der Waals surface area contributed by atoms with Gasteiger partial charge in [-0.15, -0.1) is 0 Å². The summed E-state index contributed by atoms with van der Waals surface area (Å²) in [7, 11) is 0. The van der Waals surface area contributed by atoms with Crippen LogP contribution >= 0.6 is 27.3 Å². The van der Waals surface area contributed by atoms with Crippen molar-refractivity contribution < 1.29 is 5.11 Å². The minimum atomic E-state index is -0.341. The van der Waals surface area contributed by atoms with E-state index in [0.29, 0.717) is 5.33 Å². The van der Waals surface area contributed by atoms with E-state index in [4.69, 9.17) is 0 Å². The smallest absolute Gasteiger partial charge is 0.0897 e. The Morgan fingerprint density at radius 2 is 2.40 bits per heavy atom. The van der Waals surface area contributed by atoms with Crippen LogP contribution in [0.2, 0.25) is 0 Å². The highest BCUT2D eigenvalue weighted by molar-refractivity contribution is 9.09. The summed E-state index contributed by atoms with van der Waals surface area (Å²) in [4.78, 5) is 0. The number of aliphatic hydroxyl groups is 1. The van der Waals surface area contributed by atoms with Crippen LogP contribution < -0.4 is 0 Å². The molecule has 1 N–H and O–H groups in total. The van der Waals surface area contributed by atoms with Crippen LogP contribution in [0, 0.1) is 6.92 Å². The molecule has 0 amide bonds. The lowest BCUT2D eigenvalue weighted by Crippen LogP contribution is -1.97. The van der Waals surface area contributed by atoms with Crippen molar-refractivity contribution in [2.24, 2.45) is 0 Å². The molecule has 1 rings (SSSR count). The SMILES string of the molecule is Cc1cscc1C(O)CBr. The van der Waals surface area contributed by atoms with Crippen molar-refractivity contribution in [3.8, 4) is 0 Å². The molecule has 56 valence electrons. The normalized spacial score (nSPS) is 13.5. The lowest BCUT2D eigenvalue weighted by molar-refractivity contribution is 0.205. The van der Waals surface area contributed by atoms with Crippen molar-refractivity contribution in [2.75, 3.05) is 5.33 Å². The van der Waals surface area contributed by atoms with E-state index in [0.717, 1.165) is 5.56 Å². The van der Waals surface area contributed by atoms with Crippen molar-refractivity contribution in [3.63, 3.8) is 0 Å². The fraction of sp³-hybridized carbons (Fsp3) is 0.429. The molecule has 0 fully saturated rings. The van der Waals surface area contributed by atoms with E-state index >= 15 is 0 Å². The Kier molecular flexibility index (Phi) is 2.89. The van der Waals surface area contributed by atoms with Crippen LogP contribution in [0.25, 0.3) is 0 Å². The van der Waals surface area contributed by atoms with Crippen molar-refractivity contribution in [3.05, 3.63) is 21.9 Å². The van der Waals surface area contributed by atoms with Crippen LogP contribution in [0.1, 0.15) is 17.2 Å². The molecule has 0 spiro atoms. The molecule has 3 heteroatoms. The maximum atomic E-state index is 9.36. The second-order valence-corrected chi connectivity index (χ2v) is 3.57. The molecule has 0 aliphatic carbocycles. The Morgan fingerprint density at radius 1 is 1.70 bits per heavy atom. The summed E-state index contributed by atoms with van der Waals surface area (Å²) in [5.41, 5.74) is 2.22. The monoisotopic (exact) mass is 220 g/mol. The molecule has 1 unspecified atom stereocenters. The third-order valence-corrected chi connectivity index (χ3v) is 2.89. The van der Waals surface area contributed by atoms with Gasteiger partial charge in [0.2, 0.25) is 0 Å². The molecule has 0 aromatic carbocycles. The number of hydrogen-bond donors (Lipinski definition) is 1. The number of hydrogen-bond acceptors (Lipinski definition) is 2. The highest BCUT2D eigenvalue weighted by Crippen LogP contribution is 2.22. The zero-order valence-electron chi connectivity index (χ0n) is 5.67. The third-order valence-electron chi connectivity index (χ3n) is 1.40. The summed E-state index contributed by atoms with van der Waals surface area (Å²) < 4.78 is 0. The highest BCUT2D eigenvalue weighted by Gasteiger charge is 2.08. The van der Waals surface area contributed by atoms with Crippen LogP contribution in [0.4, 0.5) is 0 Å². The molecule has 0 radical (unpaired) electrons. The van der Waals surface area contributed by atoms with Gasteiger partial charge in [0.25, 0.3) is 0 Å². The number of thiophene rings is 1. The van der Waals surface area contributed by atoms with Gasteiger partial charge in [-0.05, 0) is 28.8 Å². The van der Waals surface area contributed by atoms with E-state index in [1.165, 1.54) is 5.56 Å². The maximum Gasteiger partial charge on any atom is 0.0897 e. The Labute approximate surface area is 72.8 Å². The van der Waals surface area contributed by atoms with Crippen molar-refractivity contribution in [2.45, 2.75) is 13.0 Å². The van der Waals surface area contributed by atoms with E-state index in [1.54, 1.807) is 11.3 Å². The summed E-state index contributed by atoms with van der Waals surface area (Å²) in [5, 5.41) is 14.0. The van der Waals surface area contributed by atoms with Crippen molar-refractivity contribution in [1.82, 2.24) is 0 Å². The van der Waals surface area contributed by atoms with Gasteiger partial charge in [0.1, 0.15) is 0 Å². The second kappa shape index (κ2) is 3.51. The van der Waals surface area contributed by atoms with Gasteiger partial charge in [-0.25, -0.2) is 0 Å². The first-order valence-corrected chi connectivity index (χ1v) is 5.09. The Balaban J connectivity index is 2.82. The Hall–Kier alpha value is 0.140. The molecule has 1 aromatic rings. The van der Waals surface area contributed by atoms with Gasteiger partial charge in [0.05, 0.1) is 6.10 Å². The lowest BCUT2D eigenvalue weighted by atomic mass is 10.1. The van der Waals surface area contributed by atoms with Crippen LogP contribution in [-0.2, 0) is 0 Å². The summed E-state index contributed by atoms with van der Waals surface area (Å²) >= 11 is 4.85. The van der Waals surface area contributed by atoms with Gasteiger partial charge in [-0.2, -0.15) is 11.3 Å². The molecule has 1 atom stereocenters. The lowest BCUT2D eigenvalue weighted by Gasteiger charge is -2.04.